The third-order valence-corrected chi connectivity index (χ3v) is 10.3. The van der Waals surface area contributed by atoms with E-state index in [4.69, 9.17) is 0 Å². The first-order valence-electron chi connectivity index (χ1n) is 16.7. The second-order valence-electron chi connectivity index (χ2n) is 13.8. The maximum atomic E-state index is 15.6. The fourth-order valence-corrected chi connectivity index (χ4v) is 6.99. The first-order chi connectivity index (χ1) is 22.1. The molecule has 242 valence electrons. The number of carbonyl (C=O) groups is 1. The monoisotopic (exact) mass is 626 g/mol. The number of alkyl halides is 1. The van der Waals surface area contributed by atoms with Gasteiger partial charge in [0, 0.05) is 41.4 Å². The van der Waals surface area contributed by atoms with Crippen LogP contribution in [0.3, 0.4) is 0 Å². The molecule has 1 aliphatic heterocycles. The Balaban J connectivity index is 1.24. The van der Waals surface area contributed by atoms with Crippen molar-refractivity contribution in [3.63, 3.8) is 0 Å². The number of carbonyl (C=O) groups excluding carboxylic acids is 1. The summed E-state index contributed by atoms with van der Waals surface area (Å²) in [5.41, 5.74) is 3.16. The quantitative estimate of drug-likeness (QED) is 0.210. The number of halogens is 2. The molecule has 7 nitrogen and oxygen atoms in total. The number of hydrogen-bond donors (Lipinski definition) is 1. The summed E-state index contributed by atoms with van der Waals surface area (Å²) in [7, 11) is 0. The van der Waals surface area contributed by atoms with Crippen LogP contribution in [0.4, 0.5) is 8.78 Å². The predicted octanol–water partition coefficient (Wildman–Crippen LogP) is 7.31. The number of hydrogen-bond acceptors (Lipinski definition) is 6. The smallest absolute Gasteiger partial charge is 0.251 e. The number of benzene rings is 1. The first-order valence-corrected chi connectivity index (χ1v) is 16.7. The van der Waals surface area contributed by atoms with Crippen LogP contribution in [0.1, 0.15) is 86.6 Å². The highest BCUT2D eigenvalue weighted by Crippen LogP contribution is 2.38. The first kappa shape index (κ1) is 32.1. The molecule has 1 saturated heterocycles. The van der Waals surface area contributed by atoms with Crippen LogP contribution in [-0.2, 0) is 12.8 Å². The number of nitrogens with one attached hydrogen (secondary N) is 1. The Morgan fingerprint density at radius 3 is 2.54 bits per heavy atom. The van der Waals surface area contributed by atoms with Crippen LogP contribution in [0, 0.1) is 23.6 Å². The lowest BCUT2D eigenvalue weighted by Crippen LogP contribution is -2.38. The Labute approximate surface area is 270 Å². The number of pyridine rings is 2. The van der Waals surface area contributed by atoms with E-state index >= 15 is 8.78 Å². The van der Waals surface area contributed by atoms with E-state index in [1.165, 1.54) is 18.9 Å². The van der Waals surface area contributed by atoms with Crippen molar-refractivity contribution in [2.45, 2.75) is 77.9 Å². The number of amides is 1. The molecule has 1 aliphatic carbocycles. The minimum atomic E-state index is -1.31. The molecule has 4 aromatic rings. The van der Waals surface area contributed by atoms with Gasteiger partial charge in [-0.2, -0.15) is 10.2 Å². The molecule has 1 N–H and O–H groups in total. The standard InChI is InChI=1S/C37H44F2N6O/c1-23(2)25-9-14-45(15-10-25)16-11-34(26-5-6-32(40-21-26)27-8-13-41-42-22-27)44-36(46)29-17-28-18-30-20-37(39,24(3)4)12-7-33(30)43-35(28)31(38)19-29/h5-6,8,13,17-19,21-25,34H,7,9-12,14-16,20H2,1-4H3,(H,44,46)/t34?,37-/m0/s1. The Morgan fingerprint density at radius 2 is 1.87 bits per heavy atom. The average molecular weight is 627 g/mol. The normalized spacial score (nSPS) is 19.8. The molecule has 1 fully saturated rings. The van der Waals surface area contributed by atoms with Gasteiger partial charge in [-0.05, 0) is 104 Å². The SMILES string of the molecule is CC(C)C1CCN(CCC(NC(=O)c2cc(F)c3nc4c(cc3c2)C[C@](F)(C(C)C)CC4)c2ccc(-c3ccnnc3)nc2)CC1. The molecule has 1 aromatic carbocycles. The molecule has 0 bridgehead atoms. The molecule has 0 saturated carbocycles. The van der Waals surface area contributed by atoms with Gasteiger partial charge in [-0.15, -0.1) is 0 Å². The van der Waals surface area contributed by atoms with Crippen LogP contribution in [0.2, 0.25) is 0 Å². The van der Waals surface area contributed by atoms with Gasteiger partial charge in [0.2, 0.25) is 0 Å². The highest BCUT2D eigenvalue weighted by Gasteiger charge is 2.38. The Morgan fingerprint density at radius 1 is 1.07 bits per heavy atom. The van der Waals surface area contributed by atoms with Gasteiger partial charge >= 0.3 is 0 Å². The summed E-state index contributed by atoms with van der Waals surface area (Å²) in [6.45, 7) is 11.3. The van der Waals surface area contributed by atoms with E-state index in [0.29, 0.717) is 30.6 Å². The van der Waals surface area contributed by atoms with Crippen molar-refractivity contribution in [2.24, 2.45) is 17.8 Å². The van der Waals surface area contributed by atoms with Gasteiger partial charge in [0.05, 0.1) is 24.1 Å². The van der Waals surface area contributed by atoms with E-state index in [1.807, 2.05) is 38.1 Å². The second kappa shape index (κ2) is 13.5. The van der Waals surface area contributed by atoms with E-state index < -0.39 is 11.5 Å². The maximum Gasteiger partial charge on any atom is 0.251 e. The molecule has 0 radical (unpaired) electrons. The summed E-state index contributed by atoms with van der Waals surface area (Å²) in [6, 6.07) is 10.2. The van der Waals surface area contributed by atoms with Crippen LogP contribution in [-0.4, -0.2) is 56.3 Å². The highest BCUT2D eigenvalue weighted by atomic mass is 19.1. The van der Waals surface area contributed by atoms with Gasteiger partial charge < -0.3 is 10.2 Å². The van der Waals surface area contributed by atoms with Crippen molar-refractivity contribution >= 4 is 16.8 Å². The molecule has 1 unspecified atom stereocenters. The fourth-order valence-electron chi connectivity index (χ4n) is 6.99. The van der Waals surface area contributed by atoms with Crippen LogP contribution >= 0.6 is 0 Å². The minimum Gasteiger partial charge on any atom is -0.345 e. The number of rotatable bonds is 9. The molecule has 1 amide bonds. The lowest BCUT2D eigenvalue weighted by Gasteiger charge is -2.34. The fraction of sp³-hybridized carbons (Fsp3) is 0.486. The Bertz CT molecular complexity index is 1670. The summed E-state index contributed by atoms with van der Waals surface area (Å²) < 4.78 is 31.0. The van der Waals surface area contributed by atoms with Crippen LogP contribution in [0.25, 0.3) is 22.2 Å². The lowest BCUT2D eigenvalue weighted by molar-refractivity contribution is 0.0821. The molecule has 2 atom stereocenters. The van der Waals surface area contributed by atoms with Crippen molar-refractivity contribution < 1.29 is 13.6 Å². The molecule has 2 aliphatic rings. The van der Waals surface area contributed by atoms with Crippen molar-refractivity contribution in [1.29, 1.82) is 0 Å². The Kier molecular flexibility index (Phi) is 9.41. The van der Waals surface area contributed by atoms with Gasteiger partial charge in [0.25, 0.3) is 5.91 Å². The highest BCUT2D eigenvalue weighted by molar-refractivity contribution is 5.98. The summed E-state index contributed by atoms with van der Waals surface area (Å²) >= 11 is 0. The number of piperidine rings is 1. The lowest BCUT2D eigenvalue weighted by atomic mass is 9.77. The summed E-state index contributed by atoms with van der Waals surface area (Å²) in [6.07, 6.45) is 9.24. The average Bonchev–Trinajstić information content (AvgIpc) is 3.06. The van der Waals surface area contributed by atoms with E-state index in [1.54, 1.807) is 24.7 Å². The summed E-state index contributed by atoms with van der Waals surface area (Å²) in [5.74, 6) is 0.390. The number of nitrogens with zero attached hydrogens (tertiary/aromatic N) is 5. The van der Waals surface area contributed by atoms with Gasteiger partial charge in [0.1, 0.15) is 17.0 Å². The van der Waals surface area contributed by atoms with E-state index in [-0.39, 0.29) is 35.4 Å². The van der Waals surface area contributed by atoms with Crippen molar-refractivity contribution in [3.05, 3.63) is 83.2 Å². The zero-order chi connectivity index (χ0) is 32.4. The molecular formula is C37H44F2N6O. The number of aryl methyl sites for hydroxylation is 1. The zero-order valence-electron chi connectivity index (χ0n) is 27.3. The largest absolute Gasteiger partial charge is 0.345 e. The zero-order valence-corrected chi connectivity index (χ0v) is 27.3. The topological polar surface area (TPSA) is 83.9 Å². The molecule has 3 aromatic heterocycles. The second-order valence-corrected chi connectivity index (χ2v) is 13.8. The van der Waals surface area contributed by atoms with Gasteiger partial charge in [-0.25, -0.2) is 13.8 Å². The minimum absolute atomic E-state index is 0.131. The van der Waals surface area contributed by atoms with E-state index in [9.17, 15) is 4.79 Å². The summed E-state index contributed by atoms with van der Waals surface area (Å²) in [5, 5.41) is 11.5. The van der Waals surface area contributed by atoms with Crippen molar-refractivity contribution in [2.75, 3.05) is 19.6 Å². The third kappa shape index (κ3) is 6.94. The van der Waals surface area contributed by atoms with Gasteiger partial charge in [-0.1, -0.05) is 33.8 Å². The summed E-state index contributed by atoms with van der Waals surface area (Å²) in [4.78, 5) is 25.5. The number of fused-ring (bicyclic) bond motifs is 2. The van der Waals surface area contributed by atoms with E-state index in [2.05, 4.69) is 44.2 Å². The van der Waals surface area contributed by atoms with Gasteiger partial charge in [0.15, 0.2) is 0 Å². The van der Waals surface area contributed by atoms with Crippen LogP contribution < -0.4 is 5.32 Å². The molecule has 4 heterocycles. The van der Waals surface area contributed by atoms with Crippen LogP contribution in [0.15, 0.2) is 55.0 Å². The van der Waals surface area contributed by atoms with E-state index in [0.717, 1.165) is 53.6 Å². The molecule has 0 spiro atoms. The number of likely N-dealkylation sites (tertiary alicyclic amines) is 1. The predicted molar refractivity (Wildman–Crippen MR) is 176 cm³/mol. The van der Waals surface area contributed by atoms with Crippen molar-refractivity contribution in [1.82, 2.24) is 30.4 Å². The van der Waals surface area contributed by atoms with Crippen LogP contribution in [0.5, 0.6) is 0 Å². The molecule has 46 heavy (non-hydrogen) atoms. The van der Waals surface area contributed by atoms with Crippen molar-refractivity contribution in [3.8, 4) is 11.3 Å². The molecule has 9 heteroatoms. The number of aromatic nitrogens is 4. The van der Waals surface area contributed by atoms with Gasteiger partial charge in [-0.3, -0.25) is 9.78 Å². The maximum absolute atomic E-state index is 15.6. The molecular weight excluding hydrogens is 582 g/mol. The molecule has 6 rings (SSSR count). The Hall–Kier alpha value is -3.85. The third-order valence-electron chi connectivity index (χ3n) is 10.3.